The minimum atomic E-state index is 0.439. The van der Waals surface area contributed by atoms with Gasteiger partial charge in [-0.15, -0.1) is 0 Å². The zero-order valence-electron chi connectivity index (χ0n) is 16.1. The van der Waals surface area contributed by atoms with E-state index in [2.05, 4.69) is 58.7 Å². The van der Waals surface area contributed by atoms with Crippen LogP contribution in [0.4, 0.5) is 17.5 Å². The summed E-state index contributed by atoms with van der Waals surface area (Å²) in [6.07, 6.45) is 2.60. The molecular weight excluding hydrogens is 336 g/mol. The lowest BCUT2D eigenvalue weighted by molar-refractivity contribution is 0.410. The van der Waals surface area contributed by atoms with Gasteiger partial charge in [-0.25, -0.2) is 4.98 Å². The lowest BCUT2D eigenvalue weighted by Crippen LogP contribution is -2.09. The fourth-order valence-corrected chi connectivity index (χ4v) is 2.98. The Labute approximate surface area is 160 Å². The maximum Gasteiger partial charge on any atom is 0.224 e. The van der Waals surface area contributed by atoms with E-state index in [0.29, 0.717) is 11.9 Å². The Morgan fingerprint density at radius 3 is 2.59 bits per heavy atom. The van der Waals surface area contributed by atoms with Crippen LogP contribution in [-0.2, 0) is 6.42 Å². The van der Waals surface area contributed by atoms with Gasteiger partial charge in [-0.2, -0.15) is 4.98 Å². The van der Waals surface area contributed by atoms with E-state index < -0.39 is 0 Å². The molecule has 0 saturated carbocycles. The number of hydrogen-bond donors (Lipinski definition) is 2. The van der Waals surface area contributed by atoms with Crippen LogP contribution in [-0.4, -0.2) is 23.6 Å². The first-order valence-corrected chi connectivity index (χ1v) is 9.22. The first-order valence-electron chi connectivity index (χ1n) is 9.22. The molecule has 0 saturated heterocycles. The topological polar surface area (TPSA) is 59.1 Å². The van der Waals surface area contributed by atoms with Crippen LogP contribution in [0.3, 0.4) is 0 Å². The van der Waals surface area contributed by atoms with Gasteiger partial charge < -0.3 is 15.4 Å². The Morgan fingerprint density at radius 2 is 1.78 bits per heavy atom. The van der Waals surface area contributed by atoms with Crippen LogP contribution in [0, 0.1) is 0 Å². The van der Waals surface area contributed by atoms with Crippen molar-refractivity contribution >= 4 is 17.5 Å². The summed E-state index contributed by atoms with van der Waals surface area (Å²) in [5.41, 5.74) is 3.50. The summed E-state index contributed by atoms with van der Waals surface area (Å²) in [4.78, 5) is 8.90. The van der Waals surface area contributed by atoms with Crippen LogP contribution < -0.4 is 15.4 Å². The second-order valence-corrected chi connectivity index (χ2v) is 6.62. The fourth-order valence-electron chi connectivity index (χ4n) is 2.98. The Hall–Kier alpha value is -3.08. The van der Waals surface area contributed by atoms with Crippen LogP contribution in [0.25, 0.3) is 0 Å². The third kappa shape index (κ3) is 4.97. The number of para-hydroxylation sites is 2. The minimum Gasteiger partial charge on any atom is -0.496 e. The second kappa shape index (κ2) is 9.03. The average Bonchev–Trinajstić information content (AvgIpc) is 2.69. The van der Waals surface area contributed by atoms with Gasteiger partial charge in [-0.05, 0) is 41.7 Å². The smallest absolute Gasteiger partial charge is 0.224 e. The number of nitrogens with one attached hydrogen (secondary N) is 2. The van der Waals surface area contributed by atoms with E-state index in [1.807, 2.05) is 30.3 Å². The van der Waals surface area contributed by atoms with Crippen molar-refractivity contribution in [3.05, 3.63) is 71.9 Å². The molecule has 0 atom stereocenters. The van der Waals surface area contributed by atoms with Crippen molar-refractivity contribution in [1.29, 1.82) is 0 Å². The van der Waals surface area contributed by atoms with Crippen LogP contribution in [0.5, 0.6) is 5.75 Å². The highest BCUT2D eigenvalue weighted by atomic mass is 16.5. The molecule has 2 N–H and O–H groups in total. The molecule has 5 nitrogen and oxygen atoms in total. The normalized spacial score (nSPS) is 10.7. The summed E-state index contributed by atoms with van der Waals surface area (Å²) < 4.78 is 5.40. The van der Waals surface area contributed by atoms with Gasteiger partial charge in [0.25, 0.3) is 0 Å². The summed E-state index contributed by atoms with van der Waals surface area (Å²) in [6.45, 7) is 5.10. The van der Waals surface area contributed by atoms with E-state index in [0.717, 1.165) is 35.8 Å². The van der Waals surface area contributed by atoms with E-state index >= 15 is 0 Å². The average molecular weight is 362 g/mol. The highest BCUT2D eigenvalue weighted by molar-refractivity contribution is 5.61. The zero-order chi connectivity index (χ0) is 19.1. The molecule has 1 aromatic heterocycles. The minimum absolute atomic E-state index is 0.439. The lowest BCUT2D eigenvalue weighted by Gasteiger charge is -2.14. The van der Waals surface area contributed by atoms with E-state index in [4.69, 9.17) is 4.74 Å². The Morgan fingerprint density at radius 1 is 1.00 bits per heavy atom. The molecule has 0 spiro atoms. The van der Waals surface area contributed by atoms with Gasteiger partial charge in [0.1, 0.15) is 11.6 Å². The first kappa shape index (κ1) is 18.7. The second-order valence-electron chi connectivity index (χ2n) is 6.62. The number of ether oxygens (including phenoxy) is 1. The maximum atomic E-state index is 5.40. The number of nitrogens with zero attached hydrogens (tertiary/aromatic N) is 2. The molecule has 5 heteroatoms. The molecule has 0 radical (unpaired) electrons. The molecular formula is C22H26N4O. The van der Waals surface area contributed by atoms with Gasteiger partial charge >= 0.3 is 0 Å². The molecule has 0 unspecified atom stereocenters. The molecule has 3 aromatic rings. The lowest BCUT2D eigenvalue weighted by atomic mass is 10.0. The Kier molecular flexibility index (Phi) is 6.26. The van der Waals surface area contributed by atoms with Crippen LogP contribution >= 0.6 is 0 Å². The van der Waals surface area contributed by atoms with Crippen molar-refractivity contribution in [3.63, 3.8) is 0 Å². The molecule has 0 aliphatic carbocycles. The largest absolute Gasteiger partial charge is 0.496 e. The molecule has 0 amide bonds. The highest BCUT2D eigenvalue weighted by Gasteiger charge is 2.07. The van der Waals surface area contributed by atoms with Gasteiger partial charge in [0.15, 0.2) is 0 Å². The molecule has 0 aliphatic rings. The van der Waals surface area contributed by atoms with Crippen molar-refractivity contribution in [2.75, 3.05) is 24.3 Å². The number of benzene rings is 2. The predicted octanol–water partition coefficient (Wildman–Crippen LogP) is 5.01. The quantitative estimate of drug-likeness (QED) is 0.590. The standard InChI is InChI=1S/C22H26N4O/c1-16(2)18-9-5-6-10-19(18)25-21-13-15-24-22(26-21)23-14-12-17-8-4-7-11-20(17)27-3/h4-11,13,15-16H,12,14H2,1-3H3,(H2,23,24,25,26). The molecule has 3 rings (SSSR count). The first-order chi connectivity index (χ1) is 13.2. The Bertz CT molecular complexity index is 879. The van der Waals surface area contributed by atoms with Gasteiger partial charge in [-0.1, -0.05) is 50.2 Å². The number of rotatable bonds is 8. The predicted molar refractivity (Wildman–Crippen MR) is 111 cm³/mol. The van der Waals surface area contributed by atoms with E-state index in [9.17, 15) is 0 Å². The molecule has 1 heterocycles. The SMILES string of the molecule is COc1ccccc1CCNc1nccc(Nc2ccccc2C(C)C)n1. The number of aromatic nitrogens is 2. The molecule has 27 heavy (non-hydrogen) atoms. The zero-order valence-corrected chi connectivity index (χ0v) is 16.1. The van der Waals surface area contributed by atoms with Gasteiger partial charge in [-0.3, -0.25) is 0 Å². The Balaban J connectivity index is 1.64. The molecule has 0 bridgehead atoms. The summed E-state index contributed by atoms with van der Waals surface area (Å²) in [6, 6.07) is 18.2. The van der Waals surface area contributed by atoms with Gasteiger partial charge in [0, 0.05) is 18.4 Å². The maximum absolute atomic E-state index is 5.40. The third-order valence-electron chi connectivity index (χ3n) is 4.37. The summed E-state index contributed by atoms with van der Waals surface area (Å²) >= 11 is 0. The van der Waals surface area contributed by atoms with E-state index in [1.54, 1.807) is 13.3 Å². The van der Waals surface area contributed by atoms with Crippen molar-refractivity contribution in [2.45, 2.75) is 26.2 Å². The van der Waals surface area contributed by atoms with Crippen LogP contribution in [0.2, 0.25) is 0 Å². The fraction of sp³-hybridized carbons (Fsp3) is 0.273. The van der Waals surface area contributed by atoms with Crippen molar-refractivity contribution < 1.29 is 4.74 Å². The monoisotopic (exact) mass is 362 g/mol. The molecule has 2 aromatic carbocycles. The third-order valence-corrected chi connectivity index (χ3v) is 4.37. The molecule has 0 aliphatic heterocycles. The van der Waals surface area contributed by atoms with Crippen molar-refractivity contribution in [2.24, 2.45) is 0 Å². The summed E-state index contributed by atoms with van der Waals surface area (Å²) in [7, 11) is 1.69. The number of anilines is 3. The molecule has 140 valence electrons. The van der Waals surface area contributed by atoms with Crippen molar-refractivity contribution in [1.82, 2.24) is 9.97 Å². The van der Waals surface area contributed by atoms with Gasteiger partial charge in [0.05, 0.1) is 7.11 Å². The van der Waals surface area contributed by atoms with Gasteiger partial charge in [0.2, 0.25) is 5.95 Å². The van der Waals surface area contributed by atoms with Crippen LogP contribution in [0.1, 0.15) is 30.9 Å². The van der Waals surface area contributed by atoms with E-state index in [1.165, 1.54) is 5.56 Å². The van der Waals surface area contributed by atoms with Crippen molar-refractivity contribution in [3.8, 4) is 5.75 Å². The number of methoxy groups -OCH3 is 1. The highest BCUT2D eigenvalue weighted by Crippen LogP contribution is 2.26. The van der Waals surface area contributed by atoms with Crippen LogP contribution in [0.15, 0.2) is 60.8 Å². The summed E-state index contributed by atoms with van der Waals surface area (Å²) in [5, 5.41) is 6.70. The number of hydrogen-bond acceptors (Lipinski definition) is 5. The van der Waals surface area contributed by atoms with E-state index in [-0.39, 0.29) is 0 Å². The summed E-state index contributed by atoms with van der Waals surface area (Å²) in [5.74, 6) is 2.73. The molecule has 0 fully saturated rings.